The van der Waals surface area contributed by atoms with E-state index in [4.69, 9.17) is 0 Å². The number of likely N-dealkylation sites (tertiary alicyclic amines) is 1. The molecule has 2 rings (SSSR count). The summed E-state index contributed by atoms with van der Waals surface area (Å²) in [5, 5.41) is 0. The van der Waals surface area contributed by atoms with Gasteiger partial charge in [0.25, 0.3) is 5.91 Å². The highest BCUT2D eigenvalue weighted by Gasteiger charge is 2.38. The fraction of sp³-hybridized carbons (Fsp3) is 0.600. The molecule has 2 amide bonds. The maximum atomic E-state index is 12.3. The van der Waals surface area contributed by atoms with E-state index in [9.17, 15) is 9.59 Å². The number of rotatable bonds is 6. The molecule has 1 aromatic rings. The van der Waals surface area contributed by atoms with Crippen molar-refractivity contribution in [2.75, 3.05) is 26.2 Å². The van der Waals surface area contributed by atoms with Gasteiger partial charge in [-0.05, 0) is 13.3 Å². The average molecular weight is 290 g/mol. The number of unbranched alkanes of at least 4 members (excludes halogenated alkanes) is 1. The van der Waals surface area contributed by atoms with E-state index in [-0.39, 0.29) is 17.7 Å². The molecule has 2 heterocycles. The number of amides is 2. The molecule has 0 aromatic carbocycles. The summed E-state index contributed by atoms with van der Waals surface area (Å²) in [6.45, 7) is 6.61. The zero-order valence-corrected chi connectivity index (χ0v) is 12.7. The first-order valence-electron chi connectivity index (χ1n) is 7.51. The number of carbonyl (C=O) groups excluding carboxylic acids is 2. The highest BCUT2D eigenvalue weighted by atomic mass is 16.2. The molecule has 0 bridgehead atoms. The Morgan fingerprint density at radius 3 is 2.67 bits per heavy atom. The van der Waals surface area contributed by atoms with Gasteiger partial charge in [-0.2, -0.15) is 0 Å². The molecule has 0 saturated carbocycles. The van der Waals surface area contributed by atoms with Crippen LogP contribution < -0.4 is 0 Å². The van der Waals surface area contributed by atoms with Crippen molar-refractivity contribution in [3.05, 3.63) is 24.3 Å². The van der Waals surface area contributed by atoms with Crippen molar-refractivity contribution in [2.24, 2.45) is 5.92 Å². The monoisotopic (exact) mass is 290 g/mol. The SMILES string of the molecule is CCCCN(CC)C(=O)C1CN(C(=O)c2cnccn2)C1. The van der Waals surface area contributed by atoms with Crippen LogP contribution in [0.5, 0.6) is 0 Å². The molecule has 1 saturated heterocycles. The summed E-state index contributed by atoms with van der Waals surface area (Å²) in [7, 11) is 0. The van der Waals surface area contributed by atoms with Gasteiger partial charge in [0.05, 0.1) is 12.1 Å². The number of hydrogen-bond donors (Lipinski definition) is 0. The highest BCUT2D eigenvalue weighted by Crippen LogP contribution is 2.20. The molecule has 6 nitrogen and oxygen atoms in total. The molecule has 1 aromatic heterocycles. The van der Waals surface area contributed by atoms with E-state index in [1.54, 1.807) is 4.90 Å². The number of aromatic nitrogens is 2. The summed E-state index contributed by atoms with van der Waals surface area (Å²) < 4.78 is 0. The molecule has 0 aliphatic carbocycles. The van der Waals surface area contributed by atoms with E-state index in [0.29, 0.717) is 18.8 Å². The van der Waals surface area contributed by atoms with E-state index in [2.05, 4.69) is 16.9 Å². The third kappa shape index (κ3) is 3.56. The van der Waals surface area contributed by atoms with Crippen LogP contribution in [0.4, 0.5) is 0 Å². The lowest BCUT2D eigenvalue weighted by Crippen LogP contribution is -2.56. The number of nitrogens with zero attached hydrogens (tertiary/aromatic N) is 4. The number of hydrogen-bond acceptors (Lipinski definition) is 4. The van der Waals surface area contributed by atoms with Crippen LogP contribution in [0.15, 0.2) is 18.6 Å². The maximum absolute atomic E-state index is 12.3. The lowest BCUT2D eigenvalue weighted by Gasteiger charge is -2.40. The summed E-state index contributed by atoms with van der Waals surface area (Å²) in [4.78, 5) is 35.9. The van der Waals surface area contributed by atoms with Gasteiger partial charge in [-0.1, -0.05) is 13.3 Å². The van der Waals surface area contributed by atoms with Crippen molar-refractivity contribution in [2.45, 2.75) is 26.7 Å². The van der Waals surface area contributed by atoms with Crippen LogP contribution in [0.2, 0.25) is 0 Å². The number of carbonyl (C=O) groups is 2. The highest BCUT2D eigenvalue weighted by molar-refractivity contribution is 5.94. The molecule has 0 radical (unpaired) electrons. The molecule has 1 fully saturated rings. The summed E-state index contributed by atoms with van der Waals surface area (Å²) in [5.41, 5.74) is 0.335. The topological polar surface area (TPSA) is 66.4 Å². The first-order valence-corrected chi connectivity index (χ1v) is 7.51. The van der Waals surface area contributed by atoms with Crippen LogP contribution in [0, 0.1) is 5.92 Å². The molecular weight excluding hydrogens is 268 g/mol. The van der Waals surface area contributed by atoms with Gasteiger partial charge in [-0.3, -0.25) is 14.6 Å². The van der Waals surface area contributed by atoms with E-state index >= 15 is 0 Å². The van der Waals surface area contributed by atoms with Crippen LogP contribution in [0.3, 0.4) is 0 Å². The zero-order chi connectivity index (χ0) is 15.2. The fourth-order valence-corrected chi connectivity index (χ4v) is 2.40. The minimum atomic E-state index is -0.149. The Hall–Kier alpha value is -1.98. The van der Waals surface area contributed by atoms with Gasteiger partial charge in [-0.25, -0.2) is 4.98 Å². The van der Waals surface area contributed by atoms with Crippen molar-refractivity contribution in [1.82, 2.24) is 19.8 Å². The van der Waals surface area contributed by atoms with E-state index in [0.717, 1.165) is 25.9 Å². The molecule has 21 heavy (non-hydrogen) atoms. The zero-order valence-electron chi connectivity index (χ0n) is 12.7. The first-order chi connectivity index (χ1) is 10.2. The standard InChI is InChI=1S/C15H22N4O2/c1-3-5-8-18(4-2)14(20)12-10-19(11-12)15(21)13-9-16-6-7-17-13/h6-7,9,12H,3-5,8,10-11H2,1-2H3. The summed E-state index contributed by atoms with van der Waals surface area (Å²) in [5.74, 6) is -0.0552. The Balaban J connectivity index is 1.85. The van der Waals surface area contributed by atoms with Crippen molar-refractivity contribution in [3.8, 4) is 0 Å². The van der Waals surface area contributed by atoms with Gasteiger partial charge in [0.1, 0.15) is 5.69 Å². The fourth-order valence-electron chi connectivity index (χ4n) is 2.40. The van der Waals surface area contributed by atoms with Gasteiger partial charge in [0.15, 0.2) is 0 Å². The Morgan fingerprint density at radius 1 is 1.33 bits per heavy atom. The van der Waals surface area contributed by atoms with Gasteiger partial charge < -0.3 is 9.80 Å². The second-order valence-electron chi connectivity index (χ2n) is 5.27. The Bertz CT molecular complexity index is 486. The predicted molar refractivity (Wildman–Crippen MR) is 78.6 cm³/mol. The first kappa shape index (κ1) is 15.4. The summed E-state index contributed by atoms with van der Waals surface area (Å²) in [6, 6.07) is 0. The summed E-state index contributed by atoms with van der Waals surface area (Å²) in [6.07, 6.45) is 6.59. The lowest BCUT2D eigenvalue weighted by atomic mass is 9.97. The quantitative estimate of drug-likeness (QED) is 0.789. The molecule has 1 aliphatic heterocycles. The Morgan fingerprint density at radius 2 is 2.10 bits per heavy atom. The smallest absolute Gasteiger partial charge is 0.274 e. The van der Waals surface area contributed by atoms with Gasteiger partial charge >= 0.3 is 0 Å². The molecule has 1 aliphatic rings. The van der Waals surface area contributed by atoms with Crippen LogP contribution in [0.1, 0.15) is 37.2 Å². The van der Waals surface area contributed by atoms with E-state index in [1.807, 2.05) is 11.8 Å². The molecule has 6 heteroatoms. The van der Waals surface area contributed by atoms with Crippen LogP contribution in [-0.2, 0) is 4.79 Å². The second kappa shape index (κ2) is 7.15. The second-order valence-corrected chi connectivity index (χ2v) is 5.27. The molecule has 0 atom stereocenters. The third-order valence-corrected chi connectivity index (χ3v) is 3.78. The predicted octanol–water partition coefficient (Wildman–Crippen LogP) is 1.20. The molecule has 0 spiro atoms. The average Bonchev–Trinajstić information content (AvgIpc) is 2.47. The largest absolute Gasteiger partial charge is 0.343 e. The van der Waals surface area contributed by atoms with E-state index in [1.165, 1.54) is 18.6 Å². The minimum absolute atomic E-state index is 0.0672. The lowest BCUT2D eigenvalue weighted by molar-refractivity contribution is -0.139. The Kier molecular flexibility index (Phi) is 5.25. The molecule has 0 N–H and O–H groups in total. The van der Waals surface area contributed by atoms with Crippen molar-refractivity contribution >= 4 is 11.8 Å². The van der Waals surface area contributed by atoms with Gasteiger partial charge in [0.2, 0.25) is 5.91 Å². The Labute approximate surface area is 125 Å². The van der Waals surface area contributed by atoms with Gasteiger partial charge in [0, 0.05) is 38.6 Å². The van der Waals surface area contributed by atoms with Crippen molar-refractivity contribution < 1.29 is 9.59 Å². The van der Waals surface area contributed by atoms with Gasteiger partial charge in [-0.15, -0.1) is 0 Å². The summed E-state index contributed by atoms with van der Waals surface area (Å²) >= 11 is 0. The van der Waals surface area contributed by atoms with Crippen molar-refractivity contribution in [1.29, 1.82) is 0 Å². The van der Waals surface area contributed by atoms with Crippen LogP contribution in [-0.4, -0.2) is 57.8 Å². The maximum Gasteiger partial charge on any atom is 0.274 e. The molecule has 0 unspecified atom stereocenters. The van der Waals surface area contributed by atoms with Crippen molar-refractivity contribution in [3.63, 3.8) is 0 Å². The minimum Gasteiger partial charge on any atom is -0.343 e. The third-order valence-electron chi connectivity index (χ3n) is 3.78. The van der Waals surface area contributed by atoms with E-state index < -0.39 is 0 Å². The molecular formula is C15H22N4O2. The van der Waals surface area contributed by atoms with Crippen LogP contribution in [0.25, 0.3) is 0 Å². The molecule has 114 valence electrons. The van der Waals surface area contributed by atoms with Crippen LogP contribution >= 0.6 is 0 Å². The normalized spacial score (nSPS) is 14.7.